The standard InChI is InChI=1S/C16H30N2O8S/c1-9(20)18-12-10(21)7-16(15(24)25,3-2-5-27-6-4-17)26-14(12)13(23)11(22)8-19/h10-14,19,21-23H,2-8,17H2,1H3,(H,18,20)(H,24,25)/t10-,11+,12+,13+,14+,16+/m0/s1. The maximum absolute atomic E-state index is 11.9. The molecule has 1 saturated heterocycles. The Hall–Kier alpha value is -0.950. The molecule has 0 saturated carbocycles. The molecule has 1 rings (SSSR count). The Kier molecular flexibility index (Phi) is 9.95. The van der Waals surface area contributed by atoms with Gasteiger partial charge in [0, 0.05) is 25.6 Å². The summed E-state index contributed by atoms with van der Waals surface area (Å²) in [6.45, 7) is 0.918. The van der Waals surface area contributed by atoms with Crippen LogP contribution in [0.15, 0.2) is 0 Å². The zero-order chi connectivity index (χ0) is 20.6. The van der Waals surface area contributed by atoms with Crippen molar-refractivity contribution in [3.63, 3.8) is 0 Å². The van der Waals surface area contributed by atoms with E-state index in [1.54, 1.807) is 11.8 Å². The molecule has 1 heterocycles. The molecule has 1 aliphatic heterocycles. The first-order valence-electron chi connectivity index (χ1n) is 8.79. The number of amides is 1. The van der Waals surface area contributed by atoms with Crippen molar-refractivity contribution in [2.75, 3.05) is 24.7 Å². The Morgan fingerprint density at radius 3 is 2.56 bits per heavy atom. The predicted octanol–water partition coefficient (Wildman–Crippen LogP) is -2.35. The van der Waals surface area contributed by atoms with E-state index < -0.39 is 54.5 Å². The third kappa shape index (κ3) is 6.56. The molecule has 0 aromatic carbocycles. The van der Waals surface area contributed by atoms with Crippen LogP contribution in [0.4, 0.5) is 0 Å². The van der Waals surface area contributed by atoms with Gasteiger partial charge in [-0.25, -0.2) is 4.79 Å². The van der Waals surface area contributed by atoms with Crippen LogP contribution < -0.4 is 11.1 Å². The lowest BCUT2D eigenvalue weighted by molar-refractivity contribution is -0.231. The van der Waals surface area contributed by atoms with Gasteiger partial charge >= 0.3 is 5.97 Å². The molecule has 8 N–H and O–H groups in total. The number of aliphatic hydroxyl groups excluding tert-OH is 4. The molecule has 0 spiro atoms. The van der Waals surface area contributed by atoms with Crippen LogP contribution in [0.2, 0.25) is 0 Å². The molecule has 158 valence electrons. The lowest BCUT2D eigenvalue weighted by Crippen LogP contribution is -2.67. The molecule has 10 nitrogen and oxygen atoms in total. The number of hydrogen-bond acceptors (Lipinski definition) is 9. The summed E-state index contributed by atoms with van der Waals surface area (Å²) >= 11 is 1.56. The second kappa shape index (κ2) is 11.1. The first-order valence-corrected chi connectivity index (χ1v) is 9.95. The minimum Gasteiger partial charge on any atom is -0.479 e. The van der Waals surface area contributed by atoms with Crippen molar-refractivity contribution in [3.8, 4) is 0 Å². The summed E-state index contributed by atoms with van der Waals surface area (Å²) in [5.41, 5.74) is 3.64. The van der Waals surface area contributed by atoms with E-state index in [0.717, 1.165) is 5.75 Å². The van der Waals surface area contributed by atoms with E-state index in [4.69, 9.17) is 15.6 Å². The average molecular weight is 410 g/mol. The van der Waals surface area contributed by atoms with Crippen molar-refractivity contribution >= 4 is 23.6 Å². The van der Waals surface area contributed by atoms with Crippen LogP contribution in [0.5, 0.6) is 0 Å². The fourth-order valence-corrected chi connectivity index (χ4v) is 3.86. The van der Waals surface area contributed by atoms with Crippen molar-refractivity contribution in [2.45, 2.75) is 62.2 Å². The number of aliphatic carboxylic acids is 1. The highest BCUT2D eigenvalue weighted by Gasteiger charge is 2.54. The number of ether oxygens (including phenoxy) is 1. The highest BCUT2D eigenvalue weighted by molar-refractivity contribution is 7.99. The maximum Gasteiger partial charge on any atom is 0.336 e. The van der Waals surface area contributed by atoms with Crippen molar-refractivity contribution in [2.24, 2.45) is 5.73 Å². The Morgan fingerprint density at radius 2 is 2.04 bits per heavy atom. The first-order chi connectivity index (χ1) is 12.7. The monoisotopic (exact) mass is 410 g/mol. The van der Waals surface area contributed by atoms with Gasteiger partial charge < -0.3 is 41.3 Å². The van der Waals surface area contributed by atoms with E-state index in [2.05, 4.69) is 5.32 Å². The summed E-state index contributed by atoms with van der Waals surface area (Å²) in [5, 5.41) is 51.8. The van der Waals surface area contributed by atoms with Gasteiger partial charge in [-0.1, -0.05) is 0 Å². The molecule has 0 unspecified atom stereocenters. The van der Waals surface area contributed by atoms with Crippen LogP contribution in [0.1, 0.15) is 26.2 Å². The smallest absolute Gasteiger partial charge is 0.336 e. The number of carbonyl (C=O) groups is 2. The van der Waals surface area contributed by atoms with Crippen molar-refractivity contribution < 1.29 is 39.9 Å². The summed E-state index contributed by atoms with van der Waals surface area (Å²) in [6, 6.07) is -1.13. The molecule has 6 atom stereocenters. The van der Waals surface area contributed by atoms with Gasteiger partial charge in [0.15, 0.2) is 5.60 Å². The fourth-order valence-electron chi connectivity index (χ4n) is 3.14. The SMILES string of the molecule is CC(=O)N[C@H]1[C@H]([C@H](O)[C@H](O)CO)O[C@@](CCCSCCN)(C(=O)O)C[C@@H]1O. The summed E-state index contributed by atoms with van der Waals surface area (Å²) in [7, 11) is 0. The highest BCUT2D eigenvalue weighted by Crippen LogP contribution is 2.36. The van der Waals surface area contributed by atoms with Gasteiger partial charge in [-0.05, 0) is 18.6 Å². The second-order valence-corrected chi connectivity index (χ2v) is 7.85. The number of carboxylic acids is 1. The molecule has 1 amide bonds. The summed E-state index contributed by atoms with van der Waals surface area (Å²) in [5.74, 6) is -0.437. The zero-order valence-corrected chi connectivity index (χ0v) is 16.1. The van der Waals surface area contributed by atoms with Gasteiger partial charge in [0.25, 0.3) is 0 Å². The van der Waals surface area contributed by atoms with E-state index >= 15 is 0 Å². The quantitative estimate of drug-likeness (QED) is 0.182. The van der Waals surface area contributed by atoms with Crippen LogP contribution in [0.25, 0.3) is 0 Å². The highest BCUT2D eigenvalue weighted by atomic mass is 32.2. The van der Waals surface area contributed by atoms with E-state index in [9.17, 15) is 30.0 Å². The van der Waals surface area contributed by atoms with Crippen molar-refractivity contribution in [1.29, 1.82) is 0 Å². The Balaban J connectivity index is 3.02. The van der Waals surface area contributed by atoms with E-state index in [1.165, 1.54) is 6.92 Å². The lowest BCUT2D eigenvalue weighted by atomic mass is 9.81. The predicted molar refractivity (Wildman–Crippen MR) is 98.2 cm³/mol. The number of carbonyl (C=O) groups excluding carboxylic acids is 1. The largest absolute Gasteiger partial charge is 0.479 e. The van der Waals surface area contributed by atoms with Crippen molar-refractivity contribution in [1.82, 2.24) is 5.32 Å². The van der Waals surface area contributed by atoms with Crippen LogP contribution in [0, 0.1) is 0 Å². The molecular formula is C16H30N2O8S. The van der Waals surface area contributed by atoms with Gasteiger partial charge in [0.2, 0.25) is 5.91 Å². The number of rotatable bonds is 11. The molecule has 0 bridgehead atoms. The van der Waals surface area contributed by atoms with Crippen LogP contribution >= 0.6 is 11.8 Å². The number of nitrogens with two attached hydrogens (primary N) is 1. The molecule has 11 heteroatoms. The number of thioether (sulfide) groups is 1. The minimum atomic E-state index is -1.78. The summed E-state index contributed by atoms with van der Waals surface area (Å²) in [6.07, 6.45) is -5.79. The maximum atomic E-state index is 11.9. The Labute approximate surface area is 162 Å². The number of carboxylic acid groups (broad SMARTS) is 1. The van der Waals surface area contributed by atoms with Gasteiger partial charge in [0.1, 0.15) is 18.3 Å². The molecular weight excluding hydrogens is 380 g/mol. The molecule has 27 heavy (non-hydrogen) atoms. The number of aliphatic hydroxyl groups is 4. The molecule has 0 aliphatic carbocycles. The van der Waals surface area contributed by atoms with Crippen LogP contribution in [-0.2, 0) is 14.3 Å². The number of nitrogens with one attached hydrogen (secondary N) is 1. The van der Waals surface area contributed by atoms with Gasteiger partial charge in [-0.3, -0.25) is 4.79 Å². The molecule has 0 radical (unpaired) electrons. The van der Waals surface area contributed by atoms with E-state index in [0.29, 0.717) is 18.7 Å². The number of hydrogen-bond donors (Lipinski definition) is 7. The summed E-state index contributed by atoms with van der Waals surface area (Å²) in [4.78, 5) is 23.4. The first kappa shape index (κ1) is 24.1. The normalized spacial score (nSPS) is 30.5. The van der Waals surface area contributed by atoms with E-state index in [-0.39, 0.29) is 12.8 Å². The Bertz CT molecular complexity index is 497. The molecule has 1 aliphatic rings. The van der Waals surface area contributed by atoms with Crippen molar-refractivity contribution in [3.05, 3.63) is 0 Å². The third-order valence-electron chi connectivity index (χ3n) is 4.48. The third-order valence-corrected chi connectivity index (χ3v) is 5.58. The summed E-state index contributed by atoms with van der Waals surface area (Å²) < 4.78 is 5.68. The van der Waals surface area contributed by atoms with Crippen LogP contribution in [0.3, 0.4) is 0 Å². The van der Waals surface area contributed by atoms with Gasteiger partial charge in [-0.2, -0.15) is 11.8 Å². The minimum absolute atomic E-state index is 0.0716. The lowest BCUT2D eigenvalue weighted by Gasteiger charge is -2.47. The topological polar surface area (TPSA) is 183 Å². The Morgan fingerprint density at radius 1 is 1.37 bits per heavy atom. The van der Waals surface area contributed by atoms with Gasteiger partial charge in [-0.15, -0.1) is 0 Å². The fraction of sp³-hybridized carbons (Fsp3) is 0.875. The molecule has 0 aromatic rings. The zero-order valence-electron chi connectivity index (χ0n) is 15.3. The van der Waals surface area contributed by atoms with E-state index in [1.807, 2.05) is 0 Å². The molecule has 0 aromatic heterocycles. The second-order valence-electron chi connectivity index (χ2n) is 6.62. The van der Waals surface area contributed by atoms with Gasteiger partial charge in [0.05, 0.1) is 18.8 Å². The average Bonchev–Trinajstić information content (AvgIpc) is 2.61. The molecule has 1 fully saturated rings. The van der Waals surface area contributed by atoms with Crippen LogP contribution in [-0.4, -0.2) is 98.1 Å².